The van der Waals surface area contributed by atoms with Gasteiger partial charge in [0.05, 0.1) is 23.3 Å². The summed E-state index contributed by atoms with van der Waals surface area (Å²) in [4.78, 5) is 50.1. The minimum atomic E-state index is -0.557. The van der Waals surface area contributed by atoms with Crippen LogP contribution in [0, 0.1) is 0 Å². The summed E-state index contributed by atoms with van der Waals surface area (Å²) < 4.78 is 0. The second-order valence-corrected chi connectivity index (χ2v) is 7.42. The summed E-state index contributed by atoms with van der Waals surface area (Å²) in [5, 5.41) is 9.41. The van der Waals surface area contributed by atoms with Crippen LogP contribution in [0.3, 0.4) is 0 Å². The van der Waals surface area contributed by atoms with Crippen molar-refractivity contribution in [3.8, 4) is 0 Å². The number of imide groups is 1. The summed E-state index contributed by atoms with van der Waals surface area (Å²) in [6, 6.07) is 22.2. The highest BCUT2D eigenvalue weighted by Crippen LogP contribution is 2.28. The summed E-state index contributed by atoms with van der Waals surface area (Å²) in [6.07, 6.45) is 0. The first-order valence-corrected chi connectivity index (χ1v) is 10.3. The Balaban J connectivity index is 1.44. The molecule has 1 aliphatic heterocycles. The number of amides is 3. The second kappa shape index (κ2) is 8.25. The summed E-state index contributed by atoms with van der Waals surface area (Å²) in [7, 11) is 0. The van der Waals surface area contributed by atoms with E-state index in [2.05, 4.69) is 9.97 Å². The van der Waals surface area contributed by atoms with E-state index in [-0.39, 0.29) is 30.4 Å². The van der Waals surface area contributed by atoms with Gasteiger partial charge < -0.3 is 10.0 Å². The van der Waals surface area contributed by atoms with Crippen LogP contribution < -0.4 is 9.80 Å². The van der Waals surface area contributed by atoms with Gasteiger partial charge in [-0.1, -0.05) is 30.3 Å². The Kier molecular flexibility index (Phi) is 5.12. The van der Waals surface area contributed by atoms with E-state index in [1.54, 1.807) is 48.5 Å². The molecule has 3 amide bonds. The quantitative estimate of drug-likeness (QED) is 0.481. The molecule has 162 valence electrons. The minimum Gasteiger partial charge on any atom is -0.395 e. The molecule has 8 heteroatoms. The number of aromatic nitrogens is 2. The molecular weight excluding hydrogens is 420 g/mol. The topological polar surface area (TPSA) is 104 Å². The van der Waals surface area contributed by atoms with Crippen LogP contribution in [0.25, 0.3) is 11.0 Å². The molecule has 1 N–H and O–H groups in total. The van der Waals surface area contributed by atoms with Crippen molar-refractivity contribution in [3.05, 3.63) is 95.8 Å². The van der Waals surface area contributed by atoms with E-state index in [9.17, 15) is 19.5 Å². The molecule has 1 aromatic heterocycles. The predicted molar refractivity (Wildman–Crippen MR) is 122 cm³/mol. The molecule has 8 nitrogen and oxygen atoms in total. The van der Waals surface area contributed by atoms with Gasteiger partial charge in [0.25, 0.3) is 17.7 Å². The van der Waals surface area contributed by atoms with Crippen molar-refractivity contribution in [3.63, 3.8) is 0 Å². The summed E-state index contributed by atoms with van der Waals surface area (Å²) in [5.74, 6) is -1.42. The highest BCUT2D eigenvalue weighted by Gasteiger charge is 2.40. The van der Waals surface area contributed by atoms with E-state index in [4.69, 9.17) is 0 Å². The van der Waals surface area contributed by atoms with Crippen LogP contribution in [-0.2, 0) is 0 Å². The standard InChI is InChI=1S/C25H18N4O4/c30-15-14-28(17-6-2-1-3-7-17)23(31)16-10-12-18(13-11-16)29-24(32)21-22(25(29)33)27-20-9-5-4-8-19(20)26-21/h1-13,30H,14-15H2. The molecule has 0 fully saturated rings. The summed E-state index contributed by atoms with van der Waals surface area (Å²) in [6.45, 7) is -0.0595. The molecule has 0 saturated heterocycles. The van der Waals surface area contributed by atoms with Crippen molar-refractivity contribution in [1.29, 1.82) is 0 Å². The SMILES string of the molecule is O=C(c1ccc(N2C(=O)c3nc4ccccc4nc3C2=O)cc1)N(CCO)c1ccccc1. The van der Waals surface area contributed by atoms with Crippen molar-refractivity contribution in [2.24, 2.45) is 0 Å². The lowest BCUT2D eigenvalue weighted by molar-refractivity contribution is 0.0922. The molecule has 0 atom stereocenters. The first kappa shape index (κ1) is 20.5. The Morgan fingerprint density at radius 1 is 0.788 bits per heavy atom. The van der Waals surface area contributed by atoms with E-state index in [0.717, 1.165) is 4.90 Å². The van der Waals surface area contributed by atoms with Crippen LogP contribution in [0.2, 0.25) is 0 Å². The number of benzene rings is 3. The summed E-state index contributed by atoms with van der Waals surface area (Å²) >= 11 is 0. The van der Waals surface area contributed by atoms with Gasteiger partial charge in [-0.25, -0.2) is 14.9 Å². The normalized spacial score (nSPS) is 12.8. The maximum atomic E-state index is 13.1. The first-order valence-electron chi connectivity index (χ1n) is 10.3. The van der Waals surface area contributed by atoms with Crippen LogP contribution in [0.1, 0.15) is 31.3 Å². The Morgan fingerprint density at radius 2 is 1.33 bits per heavy atom. The molecule has 1 aliphatic rings. The van der Waals surface area contributed by atoms with E-state index in [1.807, 2.05) is 18.2 Å². The Hall–Kier alpha value is -4.43. The lowest BCUT2D eigenvalue weighted by Gasteiger charge is -2.22. The molecule has 0 saturated carbocycles. The number of anilines is 2. The highest BCUT2D eigenvalue weighted by molar-refractivity contribution is 6.33. The lowest BCUT2D eigenvalue weighted by Crippen LogP contribution is -2.33. The van der Waals surface area contributed by atoms with Gasteiger partial charge in [-0.3, -0.25) is 14.4 Å². The average molecular weight is 438 g/mol. The number of nitrogens with zero attached hydrogens (tertiary/aromatic N) is 4. The van der Waals surface area contributed by atoms with Crippen molar-refractivity contribution in [1.82, 2.24) is 9.97 Å². The highest BCUT2D eigenvalue weighted by atomic mass is 16.3. The lowest BCUT2D eigenvalue weighted by atomic mass is 10.1. The Morgan fingerprint density at radius 3 is 1.88 bits per heavy atom. The molecule has 33 heavy (non-hydrogen) atoms. The number of aliphatic hydroxyl groups excluding tert-OH is 1. The first-order chi connectivity index (χ1) is 16.1. The van der Waals surface area contributed by atoms with Crippen molar-refractivity contribution < 1.29 is 19.5 Å². The van der Waals surface area contributed by atoms with Gasteiger partial charge in [0, 0.05) is 17.8 Å². The van der Waals surface area contributed by atoms with Gasteiger partial charge >= 0.3 is 0 Å². The zero-order valence-electron chi connectivity index (χ0n) is 17.4. The molecule has 0 unspecified atom stereocenters. The van der Waals surface area contributed by atoms with Crippen molar-refractivity contribution >= 4 is 40.1 Å². The fourth-order valence-electron chi connectivity index (χ4n) is 3.80. The second-order valence-electron chi connectivity index (χ2n) is 7.42. The van der Waals surface area contributed by atoms with Crippen LogP contribution >= 0.6 is 0 Å². The number of carbonyl (C=O) groups excluding carboxylic acids is 3. The third-order valence-electron chi connectivity index (χ3n) is 5.39. The predicted octanol–water partition coefficient (Wildman–Crippen LogP) is 3.07. The third kappa shape index (κ3) is 3.52. The zero-order valence-corrected chi connectivity index (χ0v) is 17.4. The molecule has 0 radical (unpaired) electrons. The monoisotopic (exact) mass is 438 g/mol. The van der Waals surface area contributed by atoms with Crippen LogP contribution in [-0.4, -0.2) is 45.9 Å². The van der Waals surface area contributed by atoms with E-state index in [0.29, 0.717) is 28.0 Å². The van der Waals surface area contributed by atoms with Crippen molar-refractivity contribution in [2.75, 3.05) is 23.0 Å². The number of carbonyl (C=O) groups is 3. The number of rotatable bonds is 5. The average Bonchev–Trinajstić information content (AvgIpc) is 3.10. The van der Waals surface area contributed by atoms with Gasteiger partial charge in [-0.05, 0) is 48.5 Å². The number of fused-ring (bicyclic) bond motifs is 2. The molecule has 0 aliphatic carbocycles. The maximum absolute atomic E-state index is 13.1. The van der Waals surface area contributed by atoms with Crippen LogP contribution in [0.15, 0.2) is 78.9 Å². The van der Waals surface area contributed by atoms with Crippen molar-refractivity contribution in [2.45, 2.75) is 0 Å². The fraction of sp³-hybridized carbons (Fsp3) is 0.0800. The smallest absolute Gasteiger partial charge is 0.286 e. The van der Waals surface area contributed by atoms with Gasteiger partial charge in [0.1, 0.15) is 0 Å². The molecule has 5 rings (SSSR count). The Bertz CT molecular complexity index is 1330. The number of hydrogen-bond acceptors (Lipinski definition) is 6. The molecule has 0 spiro atoms. The van der Waals surface area contributed by atoms with Crippen LogP contribution in [0.4, 0.5) is 11.4 Å². The van der Waals surface area contributed by atoms with E-state index < -0.39 is 11.8 Å². The zero-order chi connectivity index (χ0) is 22.9. The molecule has 0 bridgehead atoms. The minimum absolute atomic E-state index is 0.0112. The molecular formula is C25H18N4O4. The fourth-order valence-corrected chi connectivity index (χ4v) is 3.80. The largest absolute Gasteiger partial charge is 0.395 e. The number of aliphatic hydroxyl groups is 1. The Labute approximate surface area is 188 Å². The summed E-state index contributed by atoms with van der Waals surface area (Å²) in [5.41, 5.74) is 2.42. The van der Waals surface area contributed by atoms with Crippen LogP contribution in [0.5, 0.6) is 0 Å². The maximum Gasteiger partial charge on any atom is 0.286 e. The van der Waals surface area contributed by atoms with Gasteiger partial charge in [-0.15, -0.1) is 0 Å². The molecule has 3 aromatic carbocycles. The van der Waals surface area contributed by atoms with E-state index in [1.165, 1.54) is 17.0 Å². The number of hydrogen-bond donors (Lipinski definition) is 1. The van der Waals surface area contributed by atoms with Gasteiger partial charge in [-0.2, -0.15) is 0 Å². The van der Waals surface area contributed by atoms with E-state index >= 15 is 0 Å². The van der Waals surface area contributed by atoms with Gasteiger partial charge in [0.15, 0.2) is 11.4 Å². The van der Waals surface area contributed by atoms with Gasteiger partial charge in [0.2, 0.25) is 0 Å². The molecule has 4 aromatic rings. The third-order valence-corrected chi connectivity index (χ3v) is 5.39. The number of para-hydroxylation sites is 3. The molecule has 2 heterocycles.